The summed E-state index contributed by atoms with van der Waals surface area (Å²) < 4.78 is 6.47. The van der Waals surface area contributed by atoms with Gasteiger partial charge in [0, 0.05) is 23.0 Å². The van der Waals surface area contributed by atoms with Crippen LogP contribution in [-0.4, -0.2) is 10.7 Å². The van der Waals surface area contributed by atoms with E-state index in [2.05, 4.69) is 15.9 Å². The summed E-state index contributed by atoms with van der Waals surface area (Å²) in [6, 6.07) is 11.5. The molecule has 0 amide bonds. The lowest BCUT2D eigenvalue weighted by Gasteiger charge is -2.11. The summed E-state index contributed by atoms with van der Waals surface area (Å²) >= 11 is 3.33. The average Bonchev–Trinajstić information content (AvgIpc) is 2.53. The normalized spacial score (nSPS) is 10.3. The van der Waals surface area contributed by atoms with Gasteiger partial charge in [0.15, 0.2) is 5.78 Å². The van der Waals surface area contributed by atoms with Gasteiger partial charge in [0.1, 0.15) is 12.4 Å². The van der Waals surface area contributed by atoms with Gasteiger partial charge in [-0.3, -0.25) is 14.9 Å². The molecule has 0 saturated carbocycles. The van der Waals surface area contributed by atoms with Crippen molar-refractivity contribution in [2.24, 2.45) is 0 Å². The summed E-state index contributed by atoms with van der Waals surface area (Å²) in [5.41, 5.74) is 1.19. The van der Waals surface area contributed by atoms with Crippen molar-refractivity contribution < 1.29 is 14.5 Å². The van der Waals surface area contributed by atoms with E-state index in [1.807, 2.05) is 0 Å². The van der Waals surface area contributed by atoms with Crippen LogP contribution in [0, 0.1) is 10.1 Å². The summed E-state index contributed by atoms with van der Waals surface area (Å²) in [5.74, 6) is 0.455. The van der Waals surface area contributed by atoms with Crippen molar-refractivity contribution in [1.82, 2.24) is 0 Å². The van der Waals surface area contributed by atoms with Crippen LogP contribution in [-0.2, 0) is 6.61 Å². The Morgan fingerprint density at radius 3 is 2.73 bits per heavy atom. The maximum atomic E-state index is 12.0. The summed E-state index contributed by atoms with van der Waals surface area (Å²) in [4.78, 5) is 22.3. The van der Waals surface area contributed by atoms with Gasteiger partial charge in [-0.2, -0.15) is 0 Å². The summed E-state index contributed by atoms with van der Waals surface area (Å²) in [6.45, 7) is 1.95. The Bertz CT molecular complexity index is 715. The van der Waals surface area contributed by atoms with Crippen LogP contribution in [0.1, 0.15) is 29.3 Å². The number of carbonyl (C=O) groups excluding carboxylic acids is 1. The highest BCUT2D eigenvalue weighted by Crippen LogP contribution is 2.26. The number of benzene rings is 2. The Balaban J connectivity index is 2.20. The van der Waals surface area contributed by atoms with Gasteiger partial charge in [-0.05, 0) is 23.8 Å². The molecule has 0 spiro atoms. The van der Waals surface area contributed by atoms with Crippen LogP contribution < -0.4 is 4.74 Å². The fourth-order valence-corrected chi connectivity index (χ4v) is 2.32. The molecule has 0 bridgehead atoms. The summed E-state index contributed by atoms with van der Waals surface area (Å²) in [5, 5.41) is 10.8. The first-order chi connectivity index (χ1) is 10.5. The van der Waals surface area contributed by atoms with E-state index in [-0.39, 0.29) is 18.1 Å². The molecule has 0 aliphatic heterocycles. The van der Waals surface area contributed by atoms with E-state index in [0.29, 0.717) is 23.3 Å². The predicted octanol–water partition coefficient (Wildman–Crippen LogP) is 4.53. The molecule has 2 aromatic carbocycles. The highest BCUT2D eigenvalue weighted by molar-refractivity contribution is 9.10. The molecule has 0 atom stereocenters. The topological polar surface area (TPSA) is 69.4 Å². The van der Waals surface area contributed by atoms with Crippen molar-refractivity contribution in [2.45, 2.75) is 20.0 Å². The number of carbonyl (C=O) groups is 1. The summed E-state index contributed by atoms with van der Waals surface area (Å²) in [7, 11) is 0. The van der Waals surface area contributed by atoms with Crippen LogP contribution in [0.2, 0.25) is 0 Å². The lowest BCUT2D eigenvalue weighted by molar-refractivity contribution is -0.384. The third-order valence-corrected chi connectivity index (χ3v) is 3.57. The van der Waals surface area contributed by atoms with Gasteiger partial charge >= 0.3 is 0 Å². The van der Waals surface area contributed by atoms with Gasteiger partial charge in [0.25, 0.3) is 5.69 Å². The highest BCUT2D eigenvalue weighted by Gasteiger charge is 2.12. The molecule has 0 unspecified atom stereocenters. The predicted molar refractivity (Wildman–Crippen MR) is 86.2 cm³/mol. The third-order valence-electron chi connectivity index (χ3n) is 3.08. The van der Waals surface area contributed by atoms with Crippen LogP contribution in [0.5, 0.6) is 5.75 Å². The molecule has 2 aromatic rings. The monoisotopic (exact) mass is 363 g/mol. The minimum absolute atomic E-state index is 0.0155. The minimum atomic E-state index is -0.449. The number of nitro benzene ring substituents is 1. The molecule has 0 heterocycles. The number of ketones is 1. The molecule has 0 N–H and O–H groups in total. The van der Waals surface area contributed by atoms with E-state index in [4.69, 9.17) is 4.74 Å². The number of halogens is 1. The Morgan fingerprint density at radius 1 is 1.27 bits per heavy atom. The van der Waals surface area contributed by atoms with Crippen LogP contribution >= 0.6 is 15.9 Å². The number of hydrogen-bond donors (Lipinski definition) is 0. The number of ether oxygens (including phenoxy) is 1. The Labute approximate surface area is 136 Å². The van der Waals surface area contributed by atoms with Crippen LogP contribution in [0.15, 0.2) is 46.9 Å². The summed E-state index contributed by atoms with van der Waals surface area (Å²) in [6.07, 6.45) is 0.379. The van der Waals surface area contributed by atoms with Crippen LogP contribution in [0.25, 0.3) is 0 Å². The first kappa shape index (κ1) is 16.2. The smallest absolute Gasteiger partial charge is 0.269 e. The lowest BCUT2D eigenvalue weighted by atomic mass is 10.1. The van der Waals surface area contributed by atoms with Crippen molar-refractivity contribution in [1.29, 1.82) is 0 Å². The van der Waals surface area contributed by atoms with Crippen LogP contribution in [0.4, 0.5) is 5.69 Å². The van der Waals surface area contributed by atoms with E-state index in [9.17, 15) is 14.9 Å². The Morgan fingerprint density at radius 2 is 2.05 bits per heavy atom. The molecule has 0 aromatic heterocycles. The molecule has 6 heteroatoms. The Kier molecular flexibility index (Phi) is 5.27. The molecule has 0 radical (unpaired) electrons. The zero-order valence-corrected chi connectivity index (χ0v) is 13.5. The van der Waals surface area contributed by atoms with Gasteiger partial charge in [0.05, 0.1) is 10.5 Å². The molecule has 114 valence electrons. The number of nitro groups is 1. The van der Waals surface area contributed by atoms with E-state index < -0.39 is 4.92 Å². The molecule has 0 fully saturated rings. The number of Topliss-reactive ketones (excluding diaryl/α,β-unsaturated/α-hetero) is 1. The average molecular weight is 364 g/mol. The largest absolute Gasteiger partial charge is 0.488 e. The molecule has 0 aliphatic carbocycles. The molecular weight excluding hydrogens is 350 g/mol. The first-order valence-corrected chi connectivity index (χ1v) is 7.49. The molecule has 5 nitrogen and oxygen atoms in total. The minimum Gasteiger partial charge on any atom is -0.488 e. The second-order valence-electron chi connectivity index (χ2n) is 4.63. The zero-order chi connectivity index (χ0) is 16.1. The second kappa shape index (κ2) is 7.17. The van der Waals surface area contributed by atoms with Gasteiger partial charge in [-0.25, -0.2) is 0 Å². The third kappa shape index (κ3) is 3.92. The maximum Gasteiger partial charge on any atom is 0.269 e. The number of non-ortho nitro benzene ring substituents is 1. The van der Waals surface area contributed by atoms with Crippen LogP contribution in [0.3, 0.4) is 0 Å². The number of hydrogen-bond acceptors (Lipinski definition) is 4. The van der Waals surface area contributed by atoms with Crippen molar-refractivity contribution in [3.8, 4) is 5.75 Å². The van der Waals surface area contributed by atoms with Crippen molar-refractivity contribution in [3.05, 3.63) is 68.2 Å². The number of rotatable bonds is 6. The van der Waals surface area contributed by atoms with Crippen molar-refractivity contribution in [3.63, 3.8) is 0 Å². The SMILES string of the molecule is CCC(=O)c1cc(Br)ccc1OCc1cccc([N+](=O)[O-])c1. The molecule has 0 saturated heterocycles. The highest BCUT2D eigenvalue weighted by atomic mass is 79.9. The molecular formula is C16H14BrNO4. The van der Waals surface area contributed by atoms with Crippen molar-refractivity contribution >= 4 is 27.4 Å². The lowest BCUT2D eigenvalue weighted by Crippen LogP contribution is -2.04. The van der Waals surface area contributed by atoms with Gasteiger partial charge in [0.2, 0.25) is 0 Å². The van der Waals surface area contributed by atoms with Gasteiger partial charge in [-0.15, -0.1) is 0 Å². The molecule has 22 heavy (non-hydrogen) atoms. The van der Waals surface area contributed by atoms with Crippen molar-refractivity contribution in [2.75, 3.05) is 0 Å². The van der Waals surface area contributed by atoms with E-state index in [1.165, 1.54) is 12.1 Å². The zero-order valence-electron chi connectivity index (χ0n) is 11.9. The quantitative estimate of drug-likeness (QED) is 0.429. The van der Waals surface area contributed by atoms with Gasteiger partial charge in [-0.1, -0.05) is 35.0 Å². The second-order valence-corrected chi connectivity index (χ2v) is 5.55. The maximum absolute atomic E-state index is 12.0. The van der Waals surface area contributed by atoms with E-state index in [0.717, 1.165) is 4.47 Å². The molecule has 2 rings (SSSR count). The standard InChI is InChI=1S/C16H14BrNO4/c1-2-15(19)14-9-12(17)6-7-16(14)22-10-11-4-3-5-13(8-11)18(20)21/h3-9H,2,10H2,1H3. The fraction of sp³-hybridized carbons (Fsp3) is 0.188. The number of nitrogens with zero attached hydrogens (tertiary/aromatic N) is 1. The van der Waals surface area contributed by atoms with Gasteiger partial charge < -0.3 is 4.74 Å². The molecule has 0 aliphatic rings. The Hall–Kier alpha value is -2.21. The first-order valence-electron chi connectivity index (χ1n) is 6.70. The van der Waals surface area contributed by atoms with E-state index in [1.54, 1.807) is 37.3 Å². The fourth-order valence-electron chi connectivity index (χ4n) is 1.96. The van der Waals surface area contributed by atoms with E-state index >= 15 is 0 Å².